The molecule has 0 aliphatic carbocycles. The van der Waals surface area contributed by atoms with Crippen LogP contribution < -0.4 is 0 Å². The molecule has 0 saturated heterocycles. The average molecular weight is 341 g/mol. The summed E-state index contributed by atoms with van der Waals surface area (Å²) in [5.41, 5.74) is 0.642. The molecule has 1 aliphatic heterocycles. The molecule has 0 atom stereocenters. The maximum Gasteiger partial charge on any atom is 0.410 e. The fourth-order valence-corrected chi connectivity index (χ4v) is 3.08. The first kappa shape index (κ1) is 17.5. The lowest BCUT2D eigenvalue weighted by Gasteiger charge is -2.29. The molecule has 0 N–H and O–H groups in total. The molecule has 0 bridgehead atoms. The monoisotopic (exact) mass is 341 g/mol. The van der Waals surface area contributed by atoms with Crippen LogP contribution in [-0.2, 0) is 9.47 Å². The summed E-state index contributed by atoms with van der Waals surface area (Å²) in [7, 11) is 1.22. The number of halogens is 1. The van der Waals surface area contributed by atoms with Gasteiger partial charge in [-0.3, -0.25) is 0 Å². The summed E-state index contributed by atoms with van der Waals surface area (Å²) in [6.07, 6.45) is 1.92. The Balaban J connectivity index is 2.09. The Morgan fingerprint density at radius 2 is 2.04 bits per heavy atom. The Morgan fingerprint density at radius 1 is 1.35 bits per heavy atom. The third-order valence-corrected chi connectivity index (χ3v) is 4.24. The minimum absolute atomic E-state index is 0.0297. The highest BCUT2D eigenvalue weighted by Crippen LogP contribution is 2.31. The van der Waals surface area contributed by atoms with Gasteiger partial charge in [-0.2, -0.15) is 0 Å². The van der Waals surface area contributed by atoms with Gasteiger partial charge in [0.2, 0.25) is 0 Å². The molecule has 23 heavy (non-hydrogen) atoms. The first-order chi connectivity index (χ1) is 10.7. The number of hydrogen-bond donors (Lipinski definition) is 0. The predicted octanol–water partition coefficient (Wildman–Crippen LogP) is 3.70. The van der Waals surface area contributed by atoms with Crippen LogP contribution in [0.25, 0.3) is 5.57 Å². The average Bonchev–Trinajstić information content (AvgIpc) is 2.86. The van der Waals surface area contributed by atoms with Gasteiger partial charge in [-0.1, -0.05) is 6.08 Å². The van der Waals surface area contributed by atoms with Crippen LogP contribution in [0, 0.1) is 5.82 Å². The minimum atomic E-state index is -0.675. The second-order valence-corrected chi connectivity index (χ2v) is 7.07. The van der Waals surface area contributed by atoms with E-state index in [-0.39, 0.29) is 11.0 Å². The van der Waals surface area contributed by atoms with E-state index in [1.807, 2.05) is 20.8 Å². The summed E-state index contributed by atoms with van der Waals surface area (Å²) in [6, 6.07) is 0. The molecule has 1 aromatic rings. The van der Waals surface area contributed by atoms with Crippen molar-refractivity contribution in [1.29, 1.82) is 0 Å². The molecule has 0 saturated carbocycles. The molecule has 1 aliphatic rings. The lowest BCUT2D eigenvalue weighted by atomic mass is 10.0. The fourth-order valence-electron chi connectivity index (χ4n) is 2.20. The highest BCUT2D eigenvalue weighted by molar-refractivity contribution is 7.12. The van der Waals surface area contributed by atoms with Crippen LogP contribution in [-0.4, -0.2) is 42.8 Å². The Labute approximate surface area is 138 Å². The molecular weight excluding hydrogens is 321 g/mol. The zero-order valence-electron chi connectivity index (χ0n) is 13.6. The van der Waals surface area contributed by atoms with E-state index in [1.54, 1.807) is 16.4 Å². The third kappa shape index (κ3) is 4.10. The number of amides is 1. The van der Waals surface area contributed by atoms with E-state index in [1.165, 1.54) is 7.11 Å². The van der Waals surface area contributed by atoms with E-state index in [0.717, 1.165) is 16.9 Å². The molecule has 2 heterocycles. The van der Waals surface area contributed by atoms with Gasteiger partial charge in [0.1, 0.15) is 10.5 Å². The van der Waals surface area contributed by atoms with Crippen LogP contribution in [0.4, 0.5) is 9.18 Å². The second kappa shape index (κ2) is 6.70. The first-order valence-electron chi connectivity index (χ1n) is 7.25. The summed E-state index contributed by atoms with van der Waals surface area (Å²) in [6.45, 7) is 6.23. The molecule has 7 heteroatoms. The van der Waals surface area contributed by atoms with E-state index >= 15 is 0 Å². The van der Waals surface area contributed by atoms with Crippen molar-refractivity contribution in [3.05, 3.63) is 27.7 Å². The van der Waals surface area contributed by atoms with Crippen LogP contribution in [0.1, 0.15) is 42.4 Å². The van der Waals surface area contributed by atoms with Crippen molar-refractivity contribution in [2.75, 3.05) is 20.2 Å². The van der Waals surface area contributed by atoms with Crippen molar-refractivity contribution in [2.45, 2.75) is 32.8 Å². The zero-order valence-corrected chi connectivity index (χ0v) is 14.5. The van der Waals surface area contributed by atoms with Gasteiger partial charge >= 0.3 is 12.1 Å². The van der Waals surface area contributed by atoms with Gasteiger partial charge in [0.25, 0.3) is 0 Å². The Kier molecular flexibility index (Phi) is 5.09. The quantitative estimate of drug-likeness (QED) is 0.770. The van der Waals surface area contributed by atoms with Gasteiger partial charge in [-0.05, 0) is 32.8 Å². The lowest BCUT2D eigenvalue weighted by Crippen LogP contribution is -2.39. The van der Waals surface area contributed by atoms with E-state index in [2.05, 4.69) is 4.74 Å². The number of thiophene rings is 1. The standard InChI is InChI=1S/C16H20FNO4S/c1-16(2,3)22-15(20)18-7-5-10(6-8-18)11-9-23-13(12(11)17)14(19)21-4/h5,9H,6-8H2,1-4H3. The maximum absolute atomic E-state index is 14.3. The van der Waals surface area contributed by atoms with Crippen molar-refractivity contribution in [1.82, 2.24) is 4.90 Å². The smallest absolute Gasteiger partial charge is 0.410 e. The largest absolute Gasteiger partial charge is 0.465 e. The molecule has 1 amide bonds. The predicted molar refractivity (Wildman–Crippen MR) is 86.0 cm³/mol. The Bertz CT molecular complexity index is 645. The highest BCUT2D eigenvalue weighted by atomic mass is 32.1. The molecular formula is C16H20FNO4S. The molecule has 0 unspecified atom stereocenters. The van der Waals surface area contributed by atoms with Crippen molar-refractivity contribution in [3.8, 4) is 0 Å². The summed E-state index contributed by atoms with van der Waals surface area (Å²) in [5, 5.41) is 1.61. The highest BCUT2D eigenvalue weighted by Gasteiger charge is 2.26. The number of ether oxygens (including phenoxy) is 2. The van der Waals surface area contributed by atoms with Gasteiger partial charge < -0.3 is 14.4 Å². The molecule has 0 spiro atoms. The fraction of sp³-hybridized carbons (Fsp3) is 0.500. The van der Waals surface area contributed by atoms with Crippen molar-refractivity contribution in [2.24, 2.45) is 0 Å². The molecule has 0 fully saturated rings. The van der Waals surface area contributed by atoms with E-state index in [9.17, 15) is 14.0 Å². The third-order valence-electron chi connectivity index (χ3n) is 3.31. The van der Waals surface area contributed by atoms with Crippen LogP contribution >= 0.6 is 11.3 Å². The normalized spacial score (nSPS) is 15.2. The van der Waals surface area contributed by atoms with Gasteiger partial charge in [0.15, 0.2) is 5.82 Å². The van der Waals surface area contributed by atoms with Crippen molar-refractivity contribution < 1.29 is 23.5 Å². The van der Waals surface area contributed by atoms with Crippen LogP contribution in [0.15, 0.2) is 11.5 Å². The number of nitrogens with zero attached hydrogens (tertiary/aromatic N) is 1. The first-order valence-corrected chi connectivity index (χ1v) is 8.13. The molecule has 126 valence electrons. The van der Waals surface area contributed by atoms with Crippen LogP contribution in [0.5, 0.6) is 0 Å². The lowest BCUT2D eigenvalue weighted by molar-refractivity contribution is 0.0270. The molecule has 1 aromatic heterocycles. The number of carbonyl (C=O) groups excluding carboxylic acids is 2. The van der Waals surface area contributed by atoms with Gasteiger partial charge in [-0.15, -0.1) is 11.3 Å². The van der Waals surface area contributed by atoms with Crippen LogP contribution in [0.3, 0.4) is 0 Å². The molecule has 0 aromatic carbocycles. The number of methoxy groups -OCH3 is 1. The van der Waals surface area contributed by atoms with E-state index < -0.39 is 17.4 Å². The topological polar surface area (TPSA) is 55.8 Å². The molecule has 5 nitrogen and oxygen atoms in total. The van der Waals surface area contributed by atoms with Crippen LogP contribution in [0.2, 0.25) is 0 Å². The molecule has 2 rings (SSSR count). The number of carbonyl (C=O) groups is 2. The Hall–Kier alpha value is -1.89. The summed E-state index contributed by atoms with van der Waals surface area (Å²) >= 11 is 1.02. The minimum Gasteiger partial charge on any atom is -0.465 e. The maximum atomic E-state index is 14.3. The number of rotatable bonds is 2. The van der Waals surface area contributed by atoms with Crippen molar-refractivity contribution >= 4 is 29.0 Å². The summed E-state index contributed by atoms with van der Waals surface area (Å²) < 4.78 is 24.2. The van der Waals surface area contributed by atoms with Gasteiger partial charge in [0, 0.05) is 24.0 Å². The number of hydrogen-bond acceptors (Lipinski definition) is 5. The molecule has 0 radical (unpaired) electrons. The second-order valence-electron chi connectivity index (χ2n) is 6.19. The van der Waals surface area contributed by atoms with Crippen molar-refractivity contribution in [3.63, 3.8) is 0 Å². The van der Waals surface area contributed by atoms with Gasteiger partial charge in [0.05, 0.1) is 7.11 Å². The van der Waals surface area contributed by atoms with E-state index in [0.29, 0.717) is 25.1 Å². The summed E-state index contributed by atoms with van der Waals surface area (Å²) in [4.78, 5) is 25.0. The SMILES string of the molecule is COC(=O)c1scc(C2=CCN(C(=O)OC(C)(C)C)CC2)c1F. The zero-order chi connectivity index (χ0) is 17.2. The number of esters is 1. The Morgan fingerprint density at radius 3 is 2.57 bits per heavy atom. The van der Waals surface area contributed by atoms with E-state index in [4.69, 9.17) is 4.74 Å². The summed E-state index contributed by atoms with van der Waals surface area (Å²) in [5.74, 6) is -1.23. The van der Waals surface area contributed by atoms with Gasteiger partial charge in [-0.25, -0.2) is 14.0 Å².